The SMILES string of the molecule is CC(C)N1CCN(C(=O)C2CCN(c3ncc(N4CCOCC4)cn3)CC2)CC1. The Bertz CT molecular complexity index is 660. The van der Waals surface area contributed by atoms with E-state index in [2.05, 4.69) is 43.4 Å². The first-order valence-corrected chi connectivity index (χ1v) is 11.0. The number of nitrogens with zero attached hydrogens (tertiary/aromatic N) is 6. The van der Waals surface area contributed by atoms with Crippen molar-refractivity contribution in [2.45, 2.75) is 32.7 Å². The molecular formula is C21H34N6O2. The number of carbonyl (C=O) groups is 1. The molecule has 0 N–H and O–H groups in total. The van der Waals surface area contributed by atoms with Gasteiger partial charge in [0.15, 0.2) is 0 Å². The summed E-state index contributed by atoms with van der Waals surface area (Å²) >= 11 is 0. The number of piperidine rings is 1. The van der Waals surface area contributed by atoms with Crippen LogP contribution in [0, 0.1) is 5.92 Å². The minimum absolute atomic E-state index is 0.143. The van der Waals surface area contributed by atoms with Crippen LogP contribution in [0.15, 0.2) is 12.4 Å². The highest BCUT2D eigenvalue weighted by molar-refractivity contribution is 5.79. The van der Waals surface area contributed by atoms with E-state index < -0.39 is 0 Å². The third-order valence-corrected chi connectivity index (χ3v) is 6.48. The van der Waals surface area contributed by atoms with Crippen molar-refractivity contribution in [1.82, 2.24) is 19.8 Å². The molecule has 29 heavy (non-hydrogen) atoms. The van der Waals surface area contributed by atoms with Crippen molar-refractivity contribution in [2.24, 2.45) is 5.92 Å². The van der Waals surface area contributed by atoms with Crippen molar-refractivity contribution < 1.29 is 9.53 Å². The number of morpholine rings is 1. The molecule has 3 aliphatic heterocycles. The number of piperazine rings is 1. The van der Waals surface area contributed by atoms with Gasteiger partial charge in [-0.1, -0.05) is 0 Å². The Morgan fingerprint density at radius 3 is 2.14 bits per heavy atom. The zero-order valence-corrected chi connectivity index (χ0v) is 17.8. The lowest BCUT2D eigenvalue weighted by molar-refractivity contribution is -0.138. The van der Waals surface area contributed by atoms with Gasteiger partial charge < -0.3 is 19.4 Å². The van der Waals surface area contributed by atoms with Crippen LogP contribution >= 0.6 is 0 Å². The van der Waals surface area contributed by atoms with Gasteiger partial charge in [-0.25, -0.2) is 9.97 Å². The van der Waals surface area contributed by atoms with E-state index in [4.69, 9.17) is 4.74 Å². The van der Waals surface area contributed by atoms with Gasteiger partial charge in [0.1, 0.15) is 0 Å². The highest BCUT2D eigenvalue weighted by atomic mass is 16.5. The quantitative estimate of drug-likeness (QED) is 0.747. The smallest absolute Gasteiger partial charge is 0.225 e. The van der Waals surface area contributed by atoms with Crippen LogP contribution in [0.1, 0.15) is 26.7 Å². The maximum atomic E-state index is 12.9. The van der Waals surface area contributed by atoms with Crippen LogP contribution in [-0.4, -0.2) is 97.3 Å². The fourth-order valence-electron chi connectivity index (χ4n) is 4.51. The molecule has 160 valence electrons. The maximum absolute atomic E-state index is 12.9. The minimum Gasteiger partial charge on any atom is -0.378 e. The molecule has 0 unspecified atom stereocenters. The molecule has 0 aromatic carbocycles. The molecule has 4 rings (SSSR count). The first-order chi connectivity index (χ1) is 14.1. The third-order valence-electron chi connectivity index (χ3n) is 6.48. The molecular weight excluding hydrogens is 368 g/mol. The predicted molar refractivity (Wildman–Crippen MR) is 113 cm³/mol. The highest BCUT2D eigenvalue weighted by Crippen LogP contribution is 2.24. The monoisotopic (exact) mass is 402 g/mol. The minimum atomic E-state index is 0.143. The Labute approximate surface area is 173 Å². The molecule has 1 amide bonds. The topological polar surface area (TPSA) is 65.0 Å². The second kappa shape index (κ2) is 9.26. The lowest BCUT2D eigenvalue weighted by Gasteiger charge is -2.39. The number of aromatic nitrogens is 2. The molecule has 0 aliphatic carbocycles. The molecule has 0 saturated carbocycles. The van der Waals surface area contributed by atoms with Gasteiger partial charge in [-0.15, -0.1) is 0 Å². The molecule has 3 fully saturated rings. The van der Waals surface area contributed by atoms with E-state index >= 15 is 0 Å². The van der Waals surface area contributed by atoms with Gasteiger partial charge in [0.25, 0.3) is 0 Å². The summed E-state index contributed by atoms with van der Waals surface area (Å²) in [5.41, 5.74) is 1.06. The molecule has 0 radical (unpaired) electrons. The lowest BCUT2D eigenvalue weighted by atomic mass is 9.95. The number of ether oxygens (including phenoxy) is 1. The Morgan fingerprint density at radius 1 is 0.931 bits per heavy atom. The van der Waals surface area contributed by atoms with Crippen LogP contribution in [0.5, 0.6) is 0 Å². The highest BCUT2D eigenvalue weighted by Gasteiger charge is 2.31. The number of carbonyl (C=O) groups excluding carboxylic acids is 1. The van der Waals surface area contributed by atoms with Crippen molar-refractivity contribution in [1.29, 1.82) is 0 Å². The molecule has 0 atom stereocenters. The Kier molecular flexibility index (Phi) is 6.50. The van der Waals surface area contributed by atoms with Crippen LogP contribution < -0.4 is 9.80 Å². The second-order valence-electron chi connectivity index (χ2n) is 8.56. The molecule has 3 aliphatic rings. The van der Waals surface area contributed by atoms with Crippen LogP contribution in [0.2, 0.25) is 0 Å². The fourth-order valence-corrected chi connectivity index (χ4v) is 4.51. The van der Waals surface area contributed by atoms with Crippen molar-refractivity contribution >= 4 is 17.5 Å². The molecule has 1 aromatic rings. The summed E-state index contributed by atoms with van der Waals surface area (Å²) in [4.78, 5) is 31.1. The average Bonchev–Trinajstić information content (AvgIpc) is 2.79. The van der Waals surface area contributed by atoms with Gasteiger partial charge in [0.2, 0.25) is 11.9 Å². The Balaban J connectivity index is 1.26. The van der Waals surface area contributed by atoms with E-state index in [-0.39, 0.29) is 5.92 Å². The van der Waals surface area contributed by atoms with Crippen LogP contribution in [0.4, 0.5) is 11.6 Å². The summed E-state index contributed by atoms with van der Waals surface area (Å²) in [5.74, 6) is 1.26. The van der Waals surface area contributed by atoms with E-state index in [0.717, 1.165) is 90.0 Å². The molecule has 0 bridgehead atoms. The molecule has 0 spiro atoms. The van der Waals surface area contributed by atoms with E-state index in [1.54, 1.807) is 0 Å². The summed E-state index contributed by atoms with van der Waals surface area (Å²) in [6, 6.07) is 0.560. The zero-order chi connectivity index (χ0) is 20.2. The summed E-state index contributed by atoms with van der Waals surface area (Å²) < 4.78 is 5.40. The van der Waals surface area contributed by atoms with E-state index in [0.29, 0.717) is 11.9 Å². The standard InChI is InChI=1S/C21H34N6O2/c1-17(2)24-7-9-26(10-8-24)20(28)18-3-5-27(6-4-18)21-22-15-19(16-23-21)25-11-13-29-14-12-25/h15-18H,3-14H2,1-2H3. The van der Waals surface area contributed by atoms with Gasteiger partial charge >= 0.3 is 0 Å². The molecule has 3 saturated heterocycles. The van der Waals surface area contributed by atoms with Gasteiger partial charge in [-0.05, 0) is 26.7 Å². The normalized spacial score (nSPS) is 22.4. The first-order valence-electron chi connectivity index (χ1n) is 11.0. The van der Waals surface area contributed by atoms with Crippen molar-refractivity contribution in [3.8, 4) is 0 Å². The molecule has 8 nitrogen and oxygen atoms in total. The molecule has 4 heterocycles. The number of hydrogen-bond acceptors (Lipinski definition) is 7. The van der Waals surface area contributed by atoms with Gasteiger partial charge in [-0.2, -0.15) is 0 Å². The number of hydrogen-bond donors (Lipinski definition) is 0. The lowest BCUT2D eigenvalue weighted by Crippen LogP contribution is -2.53. The van der Waals surface area contributed by atoms with Gasteiger partial charge in [0.05, 0.1) is 31.3 Å². The largest absolute Gasteiger partial charge is 0.378 e. The number of anilines is 2. The van der Waals surface area contributed by atoms with E-state index in [1.807, 2.05) is 12.4 Å². The molecule has 8 heteroatoms. The summed E-state index contributed by atoms with van der Waals surface area (Å²) in [7, 11) is 0. The Hall–Kier alpha value is -1.93. The van der Waals surface area contributed by atoms with E-state index in [1.165, 1.54) is 0 Å². The third kappa shape index (κ3) is 4.80. The van der Waals surface area contributed by atoms with Crippen LogP contribution in [-0.2, 0) is 9.53 Å². The second-order valence-corrected chi connectivity index (χ2v) is 8.56. The zero-order valence-electron chi connectivity index (χ0n) is 17.8. The first kappa shape index (κ1) is 20.3. The van der Waals surface area contributed by atoms with Crippen LogP contribution in [0.3, 0.4) is 0 Å². The Morgan fingerprint density at radius 2 is 1.55 bits per heavy atom. The van der Waals surface area contributed by atoms with Crippen molar-refractivity contribution in [3.05, 3.63) is 12.4 Å². The summed E-state index contributed by atoms with van der Waals surface area (Å²) in [5, 5.41) is 0. The number of amides is 1. The maximum Gasteiger partial charge on any atom is 0.225 e. The molecule has 1 aromatic heterocycles. The summed E-state index contributed by atoms with van der Waals surface area (Å²) in [6.45, 7) is 13.2. The summed E-state index contributed by atoms with van der Waals surface area (Å²) in [6.07, 6.45) is 5.60. The predicted octanol–water partition coefficient (Wildman–Crippen LogP) is 1.08. The number of rotatable bonds is 4. The van der Waals surface area contributed by atoms with Gasteiger partial charge in [-0.3, -0.25) is 9.69 Å². The average molecular weight is 403 g/mol. The van der Waals surface area contributed by atoms with E-state index in [9.17, 15) is 4.79 Å². The van der Waals surface area contributed by atoms with Gasteiger partial charge in [0, 0.05) is 64.3 Å². The van der Waals surface area contributed by atoms with Crippen molar-refractivity contribution in [3.63, 3.8) is 0 Å². The van der Waals surface area contributed by atoms with Crippen LogP contribution in [0.25, 0.3) is 0 Å². The van der Waals surface area contributed by atoms with Crippen molar-refractivity contribution in [2.75, 3.05) is 75.4 Å². The fraction of sp³-hybridized carbons (Fsp3) is 0.762.